The van der Waals surface area contributed by atoms with E-state index in [2.05, 4.69) is 20.6 Å². The van der Waals surface area contributed by atoms with Gasteiger partial charge in [0.15, 0.2) is 0 Å². The molecule has 1 aromatic carbocycles. The van der Waals surface area contributed by atoms with Crippen LogP contribution in [0.15, 0.2) is 30.3 Å². The number of hydrogen-bond donors (Lipinski definition) is 2. The molecule has 5 nitrogen and oxygen atoms in total. The number of ether oxygens (including phenoxy) is 1. The van der Waals surface area contributed by atoms with Crippen LogP contribution >= 0.6 is 0 Å². The van der Waals surface area contributed by atoms with Crippen LogP contribution in [0.3, 0.4) is 0 Å². The van der Waals surface area contributed by atoms with Crippen molar-refractivity contribution in [2.24, 2.45) is 0 Å². The van der Waals surface area contributed by atoms with Gasteiger partial charge in [0.1, 0.15) is 5.82 Å². The first-order valence-corrected chi connectivity index (χ1v) is 6.92. The second-order valence-corrected chi connectivity index (χ2v) is 4.81. The van der Waals surface area contributed by atoms with E-state index in [-0.39, 0.29) is 11.5 Å². The molecule has 0 aliphatic carbocycles. The fraction of sp³-hybridized carbons (Fsp3) is 0.333. The summed E-state index contributed by atoms with van der Waals surface area (Å²) in [6.07, 6.45) is -4.44. The van der Waals surface area contributed by atoms with Gasteiger partial charge >= 0.3 is 6.18 Å². The lowest BCUT2D eigenvalue weighted by molar-refractivity contribution is -0.136. The molecule has 1 aromatic heterocycles. The van der Waals surface area contributed by atoms with Crippen LogP contribution in [-0.2, 0) is 10.9 Å². The minimum atomic E-state index is -4.44. The molecule has 0 aliphatic heterocycles. The zero-order chi connectivity index (χ0) is 16.9. The van der Waals surface area contributed by atoms with Crippen LogP contribution in [0.4, 0.5) is 30.6 Å². The van der Waals surface area contributed by atoms with Gasteiger partial charge < -0.3 is 15.4 Å². The van der Waals surface area contributed by atoms with Crippen molar-refractivity contribution in [1.82, 2.24) is 9.97 Å². The van der Waals surface area contributed by atoms with E-state index in [1.54, 1.807) is 20.1 Å². The van der Waals surface area contributed by atoms with Crippen LogP contribution in [0.5, 0.6) is 0 Å². The van der Waals surface area contributed by atoms with Crippen molar-refractivity contribution in [2.75, 3.05) is 30.9 Å². The number of nitrogens with zero attached hydrogens (tertiary/aromatic N) is 2. The average Bonchev–Trinajstić information content (AvgIpc) is 2.46. The van der Waals surface area contributed by atoms with E-state index in [9.17, 15) is 13.2 Å². The van der Waals surface area contributed by atoms with Crippen molar-refractivity contribution in [3.05, 3.63) is 41.6 Å². The van der Waals surface area contributed by atoms with Crippen LogP contribution < -0.4 is 10.6 Å². The summed E-state index contributed by atoms with van der Waals surface area (Å²) in [6, 6.07) is 6.83. The fourth-order valence-corrected chi connectivity index (χ4v) is 1.95. The van der Waals surface area contributed by atoms with E-state index < -0.39 is 11.7 Å². The minimum absolute atomic E-state index is 0.0547. The number of halogens is 3. The zero-order valence-corrected chi connectivity index (χ0v) is 12.7. The van der Waals surface area contributed by atoms with Crippen molar-refractivity contribution in [2.45, 2.75) is 13.1 Å². The Morgan fingerprint density at radius 2 is 1.91 bits per heavy atom. The van der Waals surface area contributed by atoms with E-state index in [1.165, 1.54) is 18.2 Å². The molecule has 23 heavy (non-hydrogen) atoms. The van der Waals surface area contributed by atoms with Crippen LogP contribution in [0.2, 0.25) is 0 Å². The number of hydrogen-bond acceptors (Lipinski definition) is 5. The number of para-hydroxylation sites is 1. The second kappa shape index (κ2) is 7.28. The number of benzene rings is 1. The average molecular weight is 326 g/mol. The van der Waals surface area contributed by atoms with Crippen LogP contribution in [0, 0.1) is 6.92 Å². The molecule has 2 rings (SSSR count). The van der Waals surface area contributed by atoms with E-state index in [0.717, 1.165) is 6.07 Å². The van der Waals surface area contributed by atoms with E-state index in [4.69, 9.17) is 4.74 Å². The molecule has 0 saturated carbocycles. The summed E-state index contributed by atoms with van der Waals surface area (Å²) >= 11 is 0. The van der Waals surface area contributed by atoms with Crippen molar-refractivity contribution in [3.63, 3.8) is 0 Å². The van der Waals surface area contributed by atoms with Crippen molar-refractivity contribution in [1.29, 1.82) is 0 Å². The molecule has 0 bridgehead atoms. The molecule has 0 amide bonds. The molecule has 0 radical (unpaired) electrons. The summed E-state index contributed by atoms with van der Waals surface area (Å²) in [6.45, 7) is 2.71. The normalized spacial score (nSPS) is 11.3. The quantitative estimate of drug-likeness (QED) is 0.794. The van der Waals surface area contributed by atoms with Crippen LogP contribution in [-0.4, -0.2) is 30.2 Å². The molecule has 2 N–H and O–H groups in total. The molecular formula is C15H17F3N4O. The van der Waals surface area contributed by atoms with E-state index >= 15 is 0 Å². The lowest BCUT2D eigenvalue weighted by atomic mass is 10.1. The Morgan fingerprint density at radius 1 is 1.17 bits per heavy atom. The Kier molecular flexibility index (Phi) is 5.38. The van der Waals surface area contributed by atoms with E-state index in [0.29, 0.717) is 24.8 Å². The van der Waals surface area contributed by atoms with Gasteiger partial charge in [-0.25, -0.2) is 4.98 Å². The number of anilines is 3. The number of nitrogens with one attached hydrogen (secondary N) is 2. The van der Waals surface area contributed by atoms with Crippen LogP contribution in [0.1, 0.15) is 11.3 Å². The lowest BCUT2D eigenvalue weighted by Crippen LogP contribution is -2.12. The summed E-state index contributed by atoms with van der Waals surface area (Å²) in [5, 5.41) is 5.66. The molecule has 0 unspecified atom stereocenters. The summed E-state index contributed by atoms with van der Waals surface area (Å²) in [5.74, 6) is 0.614. The predicted molar refractivity (Wildman–Crippen MR) is 81.9 cm³/mol. The highest BCUT2D eigenvalue weighted by atomic mass is 19.4. The number of alkyl halides is 3. The Labute approximate surface area is 131 Å². The van der Waals surface area contributed by atoms with Gasteiger partial charge in [0.05, 0.1) is 17.9 Å². The highest BCUT2D eigenvalue weighted by molar-refractivity contribution is 5.62. The first-order chi connectivity index (χ1) is 10.9. The molecule has 8 heteroatoms. The highest BCUT2D eigenvalue weighted by Crippen LogP contribution is 2.35. The molecule has 2 aromatic rings. The number of rotatable bonds is 6. The molecular weight excluding hydrogens is 309 g/mol. The Hall–Kier alpha value is -2.35. The van der Waals surface area contributed by atoms with Gasteiger partial charge in [-0.15, -0.1) is 0 Å². The number of methoxy groups -OCH3 is 1. The maximum atomic E-state index is 13.0. The smallest absolute Gasteiger partial charge is 0.383 e. The molecule has 0 fully saturated rings. The lowest BCUT2D eigenvalue weighted by Gasteiger charge is -2.14. The molecule has 0 atom stereocenters. The molecule has 124 valence electrons. The largest absolute Gasteiger partial charge is 0.418 e. The maximum Gasteiger partial charge on any atom is 0.418 e. The van der Waals surface area contributed by atoms with Gasteiger partial charge in [0.2, 0.25) is 5.95 Å². The van der Waals surface area contributed by atoms with E-state index in [1.807, 2.05) is 0 Å². The maximum absolute atomic E-state index is 13.0. The van der Waals surface area contributed by atoms with Gasteiger partial charge in [0, 0.05) is 25.4 Å². The predicted octanol–water partition coefficient (Wildman–Crippen LogP) is 3.61. The topological polar surface area (TPSA) is 59.1 Å². The third-order valence-corrected chi connectivity index (χ3v) is 2.94. The van der Waals surface area contributed by atoms with Crippen molar-refractivity contribution < 1.29 is 17.9 Å². The van der Waals surface area contributed by atoms with Gasteiger partial charge in [-0.05, 0) is 19.1 Å². The third-order valence-electron chi connectivity index (χ3n) is 2.94. The van der Waals surface area contributed by atoms with Crippen molar-refractivity contribution >= 4 is 17.5 Å². The first-order valence-electron chi connectivity index (χ1n) is 6.92. The Balaban J connectivity index is 2.24. The molecule has 0 saturated heterocycles. The summed E-state index contributed by atoms with van der Waals surface area (Å²) in [7, 11) is 1.57. The molecule has 1 heterocycles. The SMILES string of the molecule is COCCNc1nc(C)cc(Nc2ccccc2C(F)(F)F)n1. The summed E-state index contributed by atoms with van der Waals surface area (Å²) < 4.78 is 44.0. The van der Waals surface area contributed by atoms with Gasteiger partial charge in [0.25, 0.3) is 0 Å². The molecule has 0 aliphatic rings. The van der Waals surface area contributed by atoms with Crippen LogP contribution in [0.25, 0.3) is 0 Å². The zero-order valence-electron chi connectivity index (χ0n) is 12.7. The number of aromatic nitrogens is 2. The highest BCUT2D eigenvalue weighted by Gasteiger charge is 2.33. The Bertz CT molecular complexity index is 661. The summed E-state index contributed by atoms with van der Waals surface area (Å²) in [4.78, 5) is 8.35. The number of aryl methyl sites for hydroxylation is 1. The minimum Gasteiger partial charge on any atom is -0.383 e. The fourth-order valence-electron chi connectivity index (χ4n) is 1.95. The first kappa shape index (κ1) is 17.0. The summed E-state index contributed by atoms with van der Waals surface area (Å²) in [5.41, 5.74) is -0.169. The second-order valence-electron chi connectivity index (χ2n) is 4.81. The standard InChI is InChI=1S/C15H17F3N4O/c1-10-9-13(22-14(20-10)19-7-8-23-2)21-12-6-4-3-5-11(12)15(16,17)18/h3-6,9H,7-8H2,1-2H3,(H2,19,20,21,22). The third kappa shape index (κ3) is 4.82. The monoisotopic (exact) mass is 326 g/mol. The molecule has 0 spiro atoms. The van der Waals surface area contributed by atoms with Gasteiger partial charge in [-0.3, -0.25) is 0 Å². The van der Waals surface area contributed by atoms with Gasteiger partial charge in [-0.1, -0.05) is 12.1 Å². The van der Waals surface area contributed by atoms with Crippen molar-refractivity contribution in [3.8, 4) is 0 Å². The Morgan fingerprint density at radius 3 is 2.61 bits per heavy atom. The van der Waals surface area contributed by atoms with Gasteiger partial charge in [-0.2, -0.15) is 18.2 Å².